The largest absolute Gasteiger partial charge is 0.466 e. The third kappa shape index (κ3) is 4.06. The molecule has 0 radical (unpaired) electrons. The maximum Gasteiger partial charge on any atom is 0.270 e. The molecule has 0 saturated heterocycles. The molecule has 1 amide bonds. The number of aryl methyl sites for hydroxylation is 3. The molecule has 0 spiro atoms. The third-order valence-electron chi connectivity index (χ3n) is 4.64. The Kier molecular flexibility index (Phi) is 5.07. The number of rotatable bonds is 6. The van der Waals surface area contributed by atoms with Crippen LogP contribution in [0.4, 0.5) is 11.5 Å². The molecule has 11 heteroatoms. The highest BCUT2D eigenvalue weighted by molar-refractivity contribution is 5.92. The number of ether oxygens (including phenoxy) is 1. The van der Waals surface area contributed by atoms with Crippen LogP contribution in [0.25, 0.3) is 22.3 Å². The van der Waals surface area contributed by atoms with Gasteiger partial charge < -0.3 is 10.1 Å². The number of H-pyrrole nitrogens is 1. The van der Waals surface area contributed by atoms with Gasteiger partial charge in [-0.1, -0.05) is 12.1 Å². The molecule has 158 valence electrons. The molecule has 0 aliphatic carbocycles. The maximum atomic E-state index is 12.3. The van der Waals surface area contributed by atoms with E-state index in [4.69, 9.17) is 4.74 Å². The standard InChI is InChI=1S/C20H19N7O4/c1-11-7-12(2)21-19-18(11)20(25-26(19)3)31-10-17(28)22-16-9-15(23-24-16)13-5-4-6-14(8-13)27(29)30/h4-9H,10H2,1-3H3,(H2,22,23,24,28). The fraction of sp³-hybridized carbons (Fsp3) is 0.200. The fourth-order valence-electron chi connectivity index (χ4n) is 3.28. The van der Waals surface area contributed by atoms with Crippen molar-refractivity contribution in [3.8, 4) is 17.1 Å². The first-order chi connectivity index (χ1) is 14.8. The molecule has 0 unspecified atom stereocenters. The van der Waals surface area contributed by atoms with Gasteiger partial charge in [0.05, 0.1) is 16.0 Å². The molecule has 11 nitrogen and oxygen atoms in total. The average Bonchev–Trinajstić information content (AvgIpc) is 3.31. The topological polar surface area (TPSA) is 141 Å². The molecule has 3 aromatic heterocycles. The van der Waals surface area contributed by atoms with Crippen molar-refractivity contribution in [3.05, 3.63) is 57.8 Å². The van der Waals surface area contributed by atoms with Crippen LogP contribution in [0.2, 0.25) is 0 Å². The number of carbonyl (C=O) groups is 1. The monoisotopic (exact) mass is 421 g/mol. The Balaban J connectivity index is 1.44. The smallest absolute Gasteiger partial charge is 0.270 e. The quantitative estimate of drug-likeness (QED) is 0.360. The molecule has 4 rings (SSSR count). The van der Waals surface area contributed by atoms with E-state index < -0.39 is 10.8 Å². The molecule has 31 heavy (non-hydrogen) atoms. The number of nitrogens with zero attached hydrogens (tertiary/aromatic N) is 5. The van der Waals surface area contributed by atoms with Crippen molar-refractivity contribution in [2.24, 2.45) is 7.05 Å². The number of amides is 1. The second kappa shape index (κ2) is 7.86. The molecule has 0 bridgehead atoms. The molecule has 0 fully saturated rings. The van der Waals surface area contributed by atoms with Gasteiger partial charge in [0.2, 0.25) is 5.88 Å². The summed E-state index contributed by atoms with van der Waals surface area (Å²) in [5.74, 6) is 0.181. The van der Waals surface area contributed by atoms with Gasteiger partial charge in [0, 0.05) is 36.5 Å². The fourth-order valence-corrected chi connectivity index (χ4v) is 3.28. The predicted octanol–water partition coefficient (Wildman–Crippen LogP) is 2.90. The van der Waals surface area contributed by atoms with Crippen molar-refractivity contribution in [3.63, 3.8) is 0 Å². The summed E-state index contributed by atoms with van der Waals surface area (Å²) < 4.78 is 7.24. The third-order valence-corrected chi connectivity index (χ3v) is 4.64. The Morgan fingerprint density at radius 1 is 1.29 bits per heavy atom. The summed E-state index contributed by atoms with van der Waals surface area (Å²) in [5.41, 5.74) is 3.59. The summed E-state index contributed by atoms with van der Waals surface area (Å²) >= 11 is 0. The lowest BCUT2D eigenvalue weighted by molar-refractivity contribution is -0.384. The SMILES string of the molecule is Cc1cc(C)c2c(OCC(=O)Nc3cc(-c4cccc([N+](=O)[O-])c4)[nH]n3)nn(C)c2n1. The van der Waals surface area contributed by atoms with Gasteiger partial charge >= 0.3 is 0 Å². The van der Waals surface area contributed by atoms with E-state index in [9.17, 15) is 14.9 Å². The Morgan fingerprint density at radius 3 is 2.87 bits per heavy atom. The summed E-state index contributed by atoms with van der Waals surface area (Å²) in [7, 11) is 1.76. The van der Waals surface area contributed by atoms with E-state index in [1.807, 2.05) is 19.9 Å². The number of fused-ring (bicyclic) bond motifs is 1. The molecule has 0 atom stereocenters. The van der Waals surface area contributed by atoms with E-state index >= 15 is 0 Å². The van der Waals surface area contributed by atoms with Gasteiger partial charge in [-0.2, -0.15) is 5.10 Å². The number of hydrogen-bond acceptors (Lipinski definition) is 7. The average molecular weight is 421 g/mol. The number of non-ortho nitro benzene ring substituents is 1. The molecular weight excluding hydrogens is 402 g/mol. The van der Waals surface area contributed by atoms with Gasteiger partial charge in [0.15, 0.2) is 18.1 Å². The number of nitrogens with one attached hydrogen (secondary N) is 2. The molecule has 3 heterocycles. The number of pyridine rings is 1. The molecule has 4 aromatic rings. The van der Waals surface area contributed by atoms with Crippen molar-refractivity contribution in [2.75, 3.05) is 11.9 Å². The second-order valence-electron chi connectivity index (χ2n) is 7.02. The van der Waals surface area contributed by atoms with Crippen LogP contribution in [0.1, 0.15) is 11.3 Å². The van der Waals surface area contributed by atoms with Crippen LogP contribution in [0.15, 0.2) is 36.4 Å². The summed E-state index contributed by atoms with van der Waals surface area (Å²) in [6.07, 6.45) is 0. The Hall–Kier alpha value is -4.28. The highest BCUT2D eigenvalue weighted by atomic mass is 16.6. The first-order valence-corrected chi connectivity index (χ1v) is 9.35. The number of aromatic amines is 1. The molecule has 0 aliphatic heterocycles. The summed E-state index contributed by atoms with van der Waals surface area (Å²) in [4.78, 5) is 27.3. The normalized spacial score (nSPS) is 10.9. The number of anilines is 1. The lowest BCUT2D eigenvalue weighted by Gasteiger charge is -2.04. The van der Waals surface area contributed by atoms with Crippen molar-refractivity contribution >= 4 is 28.4 Å². The van der Waals surface area contributed by atoms with Gasteiger partial charge in [-0.25, -0.2) is 9.67 Å². The van der Waals surface area contributed by atoms with Crippen molar-refractivity contribution in [1.82, 2.24) is 25.0 Å². The molecule has 1 aromatic carbocycles. The summed E-state index contributed by atoms with van der Waals surface area (Å²) in [5, 5.41) is 25.4. The zero-order valence-corrected chi connectivity index (χ0v) is 17.0. The minimum absolute atomic E-state index is 0.0337. The number of nitro groups is 1. The Morgan fingerprint density at radius 2 is 2.10 bits per heavy atom. The van der Waals surface area contributed by atoms with Gasteiger partial charge in [-0.05, 0) is 25.5 Å². The lowest BCUT2D eigenvalue weighted by Crippen LogP contribution is -2.20. The van der Waals surface area contributed by atoms with E-state index in [-0.39, 0.29) is 18.1 Å². The number of aromatic nitrogens is 5. The lowest BCUT2D eigenvalue weighted by atomic mass is 10.1. The highest BCUT2D eigenvalue weighted by Crippen LogP contribution is 2.27. The second-order valence-corrected chi connectivity index (χ2v) is 7.02. The van der Waals surface area contributed by atoms with Gasteiger partial charge in [0.1, 0.15) is 0 Å². The van der Waals surface area contributed by atoms with Crippen LogP contribution in [-0.2, 0) is 11.8 Å². The Labute approximate surface area is 176 Å². The first-order valence-electron chi connectivity index (χ1n) is 9.35. The van der Waals surface area contributed by atoms with E-state index in [2.05, 4.69) is 25.6 Å². The number of nitro benzene ring substituents is 1. The van der Waals surface area contributed by atoms with Crippen LogP contribution in [0, 0.1) is 24.0 Å². The van der Waals surface area contributed by atoms with Crippen LogP contribution >= 0.6 is 0 Å². The molecule has 0 aliphatic rings. The van der Waals surface area contributed by atoms with E-state index in [1.54, 1.807) is 29.9 Å². The molecule has 2 N–H and O–H groups in total. The van der Waals surface area contributed by atoms with Gasteiger partial charge in [-0.15, -0.1) is 5.10 Å². The van der Waals surface area contributed by atoms with Crippen molar-refractivity contribution < 1.29 is 14.5 Å². The van der Waals surface area contributed by atoms with Crippen LogP contribution in [0.3, 0.4) is 0 Å². The Bertz CT molecular complexity index is 1310. The molecular formula is C20H19N7O4. The predicted molar refractivity (Wildman–Crippen MR) is 113 cm³/mol. The number of carbonyl (C=O) groups excluding carboxylic acids is 1. The maximum absolute atomic E-state index is 12.3. The number of benzene rings is 1. The number of hydrogen-bond donors (Lipinski definition) is 2. The minimum Gasteiger partial charge on any atom is -0.466 e. The van der Waals surface area contributed by atoms with Gasteiger partial charge in [-0.3, -0.25) is 20.0 Å². The van der Waals surface area contributed by atoms with Crippen LogP contribution in [-0.4, -0.2) is 42.4 Å². The zero-order chi connectivity index (χ0) is 22.1. The zero-order valence-electron chi connectivity index (χ0n) is 17.0. The highest BCUT2D eigenvalue weighted by Gasteiger charge is 2.16. The minimum atomic E-state index is -0.472. The summed E-state index contributed by atoms with van der Waals surface area (Å²) in [6, 6.07) is 9.63. The van der Waals surface area contributed by atoms with Crippen molar-refractivity contribution in [1.29, 1.82) is 0 Å². The summed E-state index contributed by atoms with van der Waals surface area (Å²) in [6.45, 7) is 3.57. The first kappa shape index (κ1) is 20.0. The van der Waals surface area contributed by atoms with Crippen LogP contribution < -0.4 is 10.1 Å². The van der Waals surface area contributed by atoms with E-state index in [0.29, 0.717) is 22.8 Å². The van der Waals surface area contributed by atoms with Crippen molar-refractivity contribution in [2.45, 2.75) is 13.8 Å². The van der Waals surface area contributed by atoms with E-state index in [1.165, 1.54) is 12.1 Å². The van der Waals surface area contributed by atoms with Gasteiger partial charge in [0.25, 0.3) is 11.6 Å². The van der Waals surface area contributed by atoms with E-state index in [0.717, 1.165) is 16.6 Å². The van der Waals surface area contributed by atoms with Crippen LogP contribution in [0.5, 0.6) is 5.88 Å². The molecule has 0 saturated carbocycles.